The van der Waals surface area contributed by atoms with Gasteiger partial charge in [0.25, 0.3) is 0 Å². The fraction of sp³-hybridized carbons (Fsp3) is 0.455. The minimum atomic E-state index is -0.407. The van der Waals surface area contributed by atoms with Crippen LogP contribution >= 0.6 is 11.8 Å². The third kappa shape index (κ3) is 2.66. The van der Waals surface area contributed by atoms with Gasteiger partial charge >= 0.3 is 0 Å². The lowest BCUT2D eigenvalue weighted by atomic mass is 10.1. The monoisotopic (exact) mass is 212 g/mol. The minimum absolute atomic E-state index is 0.211. The number of hydrogen-bond acceptors (Lipinski definition) is 3. The van der Waals surface area contributed by atoms with Crippen molar-refractivity contribution in [2.24, 2.45) is 0 Å². The smallest absolute Gasteiger partial charge is 0.118 e. The molecule has 2 atom stereocenters. The normalized spacial score (nSPS) is 14.9. The molecule has 0 amide bonds. The molecule has 0 saturated heterocycles. The van der Waals surface area contributed by atoms with Crippen molar-refractivity contribution in [1.29, 1.82) is 0 Å². The first-order chi connectivity index (χ1) is 6.69. The van der Waals surface area contributed by atoms with Crippen LogP contribution in [0.4, 0.5) is 0 Å². The Morgan fingerprint density at radius 2 is 1.86 bits per heavy atom. The maximum atomic E-state index is 9.89. The van der Waals surface area contributed by atoms with Crippen molar-refractivity contribution in [1.82, 2.24) is 0 Å². The highest BCUT2D eigenvalue weighted by molar-refractivity contribution is 7.99. The number of hydrogen-bond donors (Lipinski definition) is 1. The van der Waals surface area contributed by atoms with Gasteiger partial charge in [-0.2, -0.15) is 11.8 Å². The summed E-state index contributed by atoms with van der Waals surface area (Å²) in [6, 6.07) is 7.53. The van der Waals surface area contributed by atoms with E-state index < -0.39 is 6.10 Å². The molecule has 0 fully saturated rings. The second-order valence-corrected chi connectivity index (χ2v) is 4.37. The lowest BCUT2D eigenvalue weighted by Crippen LogP contribution is -2.10. The molecule has 1 rings (SSSR count). The molecular weight excluding hydrogens is 196 g/mol. The predicted molar refractivity (Wildman–Crippen MR) is 60.9 cm³/mol. The Bertz CT molecular complexity index is 271. The van der Waals surface area contributed by atoms with Gasteiger partial charge in [0.05, 0.1) is 13.2 Å². The summed E-state index contributed by atoms with van der Waals surface area (Å²) in [5.41, 5.74) is 0.938. The van der Waals surface area contributed by atoms with Crippen LogP contribution in [0.15, 0.2) is 24.3 Å². The van der Waals surface area contributed by atoms with Gasteiger partial charge in [0.1, 0.15) is 5.75 Å². The molecule has 1 aromatic carbocycles. The van der Waals surface area contributed by atoms with E-state index in [4.69, 9.17) is 4.74 Å². The van der Waals surface area contributed by atoms with Gasteiger partial charge in [0, 0.05) is 5.25 Å². The second-order valence-electron chi connectivity index (χ2n) is 3.16. The summed E-state index contributed by atoms with van der Waals surface area (Å²) in [5.74, 6) is 0.817. The van der Waals surface area contributed by atoms with Crippen LogP contribution < -0.4 is 4.74 Å². The van der Waals surface area contributed by atoms with Crippen LogP contribution in [0.2, 0.25) is 0 Å². The van der Waals surface area contributed by atoms with Gasteiger partial charge in [-0.05, 0) is 24.0 Å². The zero-order valence-electron chi connectivity index (χ0n) is 8.73. The fourth-order valence-corrected chi connectivity index (χ4v) is 1.62. The summed E-state index contributed by atoms with van der Waals surface area (Å²) in [6.45, 7) is 2.01. The summed E-state index contributed by atoms with van der Waals surface area (Å²) in [6.07, 6.45) is 1.59. The molecule has 78 valence electrons. The fourth-order valence-electron chi connectivity index (χ4n) is 1.20. The average Bonchev–Trinajstić information content (AvgIpc) is 2.27. The SMILES string of the molecule is COc1ccc(C(O)C(C)SC)cc1. The van der Waals surface area contributed by atoms with Gasteiger partial charge in [0.15, 0.2) is 0 Å². The van der Waals surface area contributed by atoms with Crippen LogP contribution in [-0.2, 0) is 0 Å². The Hall–Kier alpha value is -0.670. The van der Waals surface area contributed by atoms with Gasteiger partial charge in [-0.1, -0.05) is 19.1 Å². The first kappa shape index (κ1) is 11.4. The molecule has 0 spiro atoms. The van der Waals surface area contributed by atoms with E-state index in [2.05, 4.69) is 0 Å². The van der Waals surface area contributed by atoms with E-state index in [9.17, 15) is 5.11 Å². The maximum absolute atomic E-state index is 9.89. The highest BCUT2D eigenvalue weighted by atomic mass is 32.2. The van der Waals surface area contributed by atoms with E-state index in [1.165, 1.54) is 0 Å². The molecule has 1 N–H and O–H groups in total. The largest absolute Gasteiger partial charge is 0.497 e. The van der Waals surface area contributed by atoms with Crippen molar-refractivity contribution in [3.8, 4) is 5.75 Å². The van der Waals surface area contributed by atoms with Crippen LogP contribution in [0.3, 0.4) is 0 Å². The minimum Gasteiger partial charge on any atom is -0.497 e. The number of methoxy groups -OCH3 is 1. The van der Waals surface area contributed by atoms with Gasteiger partial charge in [0.2, 0.25) is 0 Å². The Morgan fingerprint density at radius 1 is 1.29 bits per heavy atom. The quantitative estimate of drug-likeness (QED) is 0.831. The molecule has 0 bridgehead atoms. The topological polar surface area (TPSA) is 29.5 Å². The predicted octanol–water partition coefficient (Wildman–Crippen LogP) is 2.48. The molecule has 0 aromatic heterocycles. The Labute approximate surface area is 89.3 Å². The van der Waals surface area contributed by atoms with E-state index in [0.29, 0.717) is 0 Å². The summed E-state index contributed by atoms with van der Waals surface area (Å²) >= 11 is 1.66. The molecular formula is C11H16O2S. The molecule has 0 aliphatic carbocycles. The Kier molecular flexibility index (Phi) is 4.29. The number of aliphatic hydroxyl groups is 1. The van der Waals surface area contributed by atoms with Gasteiger partial charge < -0.3 is 9.84 Å². The molecule has 14 heavy (non-hydrogen) atoms. The van der Waals surface area contributed by atoms with Crippen LogP contribution in [-0.4, -0.2) is 23.7 Å². The van der Waals surface area contributed by atoms with E-state index in [1.54, 1.807) is 18.9 Å². The molecule has 2 nitrogen and oxygen atoms in total. The molecule has 0 saturated carbocycles. The third-order valence-corrected chi connectivity index (χ3v) is 3.28. The van der Waals surface area contributed by atoms with Gasteiger partial charge in [-0.25, -0.2) is 0 Å². The van der Waals surface area contributed by atoms with E-state index >= 15 is 0 Å². The summed E-state index contributed by atoms with van der Waals surface area (Å²) in [7, 11) is 1.63. The molecule has 0 heterocycles. The van der Waals surface area contributed by atoms with E-state index in [1.807, 2.05) is 37.4 Å². The number of thioether (sulfide) groups is 1. The van der Waals surface area contributed by atoms with Crippen molar-refractivity contribution in [2.45, 2.75) is 18.3 Å². The van der Waals surface area contributed by atoms with Crippen molar-refractivity contribution < 1.29 is 9.84 Å². The lowest BCUT2D eigenvalue weighted by molar-refractivity contribution is 0.179. The van der Waals surface area contributed by atoms with E-state index in [0.717, 1.165) is 11.3 Å². The van der Waals surface area contributed by atoms with E-state index in [-0.39, 0.29) is 5.25 Å². The molecule has 0 aliphatic heterocycles. The highest BCUT2D eigenvalue weighted by Gasteiger charge is 2.14. The lowest BCUT2D eigenvalue weighted by Gasteiger charge is -2.17. The Balaban J connectivity index is 2.75. The summed E-state index contributed by atoms with van der Waals surface area (Å²) in [5, 5.41) is 10.1. The number of aliphatic hydroxyl groups excluding tert-OH is 1. The molecule has 0 radical (unpaired) electrons. The van der Waals surface area contributed by atoms with Crippen molar-refractivity contribution in [2.75, 3.05) is 13.4 Å². The molecule has 2 unspecified atom stereocenters. The second kappa shape index (κ2) is 5.27. The van der Waals surface area contributed by atoms with Crippen LogP contribution in [0.5, 0.6) is 5.75 Å². The number of rotatable bonds is 4. The van der Waals surface area contributed by atoms with Crippen LogP contribution in [0.1, 0.15) is 18.6 Å². The van der Waals surface area contributed by atoms with Crippen molar-refractivity contribution >= 4 is 11.8 Å². The number of benzene rings is 1. The maximum Gasteiger partial charge on any atom is 0.118 e. The molecule has 3 heteroatoms. The average molecular weight is 212 g/mol. The first-order valence-corrected chi connectivity index (χ1v) is 5.82. The number of ether oxygens (including phenoxy) is 1. The Morgan fingerprint density at radius 3 is 2.29 bits per heavy atom. The molecule has 1 aromatic rings. The van der Waals surface area contributed by atoms with Gasteiger partial charge in [-0.3, -0.25) is 0 Å². The van der Waals surface area contributed by atoms with Crippen LogP contribution in [0.25, 0.3) is 0 Å². The van der Waals surface area contributed by atoms with Crippen molar-refractivity contribution in [3.63, 3.8) is 0 Å². The van der Waals surface area contributed by atoms with Crippen molar-refractivity contribution in [3.05, 3.63) is 29.8 Å². The van der Waals surface area contributed by atoms with Gasteiger partial charge in [-0.15, -0.1) is 0 Å². The molecule has 0 aliphatic rings. The zero-order valence-corrected chi connectivity index (χ0v) is 9.54. The first-order valence-electron chi connectivity index (χ1n) is 4.54. The van der Waals surface area contributed by atoms with Crippen LogP contribution in [0, 0.1) is 0 Å². The summed E-state index contributed by atoms with van der Waals surface area (Å²) in [4.78, 5) is 0. The highest BCUT2D eigenvalue weighted by Crippen LogP contribution is 2.25. The zero-order chi connectivity index (χ0) is 10.6. The summed E-state index contributed by atoms with van der Waals surface area (Å²) < 4.78 is 5.05. The third-order valence-electron chi connectivity index (χ3n) is 2.27. The standard InChI is InChI=1S/C11H16O2S/c1-8(14-3)11(12)9-4-6-10(13-2)7-5-9/h4-8,11-12H,1-3H3.